The highest BCUT2D eigenvalue weighted by Gasteiger charge is 2.17. The lowest BCUT2D eigenvalue weighted by Gasteiger charge is -2.23. The summed E-state index contributed by atoms with van der Waals surface area (Å²) in [6.07, 6.45) is 2.33. The molecule has 0 aromatic rings. The number of amides is 1. The van der Waals surface area contributed by atoms with Gasteiger partial charge in [-0.2, -0.15) is 0 Å². The van der Waals surface area contributed by atoms with Gasteiger partial charge in [0.15, 0.2) is 0 Å². The summed E-state index contributed by atoms with van der Waals surface area (Å²) in [4.78, 5) is 13.3. The smallest absolute Gasteiger partial charge is 0.225 e. The molecule has 0 aromatic heterocycles. The van der Waals surface area contributed by atoms with Gasteiger partial charge in [0.1, 0.15) is 0 Å². The minimum atomic E-state index is -0.0773. The van der Waals surface area contributed by atoms with Crippen LogP contribution in [0, 0.1) is 5.92 Å². The predicted molar refractivity (Wildman–Crippen MR) is 56.7 cm³/mol. The van der Waals surface area contributed by atoms with Crippen molar-refractivity contribution < 1.29 is 9.90 Å². The maximum atomic E-state index is 11.7. The summed E-state index contributed by atoms with van der Waals surface area (Å²) in [7, 11) is 0. The molecule has 0 aliphatic rings. The lowest BCUT2D eigenvalue weighted by molar-refractivity contribution is -0.135. The van der Waals surface area contributed by atoms with Crippen LogP contribution in [0.2, 0.25) is 0 Å². The quantitative estimate of drug-likeness (QED) is 0.567. The molecule has 82 valence electrons. The van der Waals surface area contributed by atoms with E-state index in [1.54, 1.807) is 11.0 Å². The third-order valence-corrected chi connectivity index (χ3v) is 2.05. The van der Waals surface area contributed by atoms with Gasteiger partial charge in [-0.3, -0.25) is 4.79 Å². The van der Waals surface area contributed by atoms with Crippen molar-refractivity contribution in [3.8, 4) is 0 Å². The summed E-state index contributed by atoms with van der Waals surface area (Å²) in [5.41, 5.74) is 5.38. The van der Waals surface area contributed by atoms with Crippen molar-refractivity contribution in [3.63, 3.8) is 0 Å². The molecule has 0 aromatic carbocycles. The fourth-order valence-corrected chi connectivity index (χ4v) is 1.25. The van der Waals surface area contributed by atoms with Gasteiger partial charge < -0.3 is 15.7 Å². The zero-order valence-corrected chi connectivity index (χ0v) is 8.78. The molecule has 3 N–H and O–H groups in total. The lowest BCUT2D eigenvalue weighted by atomic mass is 10.1. The number of hydrogen-bond acceptors (Lipinski definition) is 3. The topological polar surface area (TPSA) is 66.6 Å². The van der Waals surface area contributed by atoms with Crippen LogP contribution in [0.1, 0.15) is 13.3 Å². The summed E-state index contributed by atoms with van der Waals surface area (Å²) in [5.74, 6) is -0.0455. The van der Waals surface area contributed by atoms with Crippen LogP contribution >= 0.6 is 0 Å². The first-order chi connectivity index (χ1) is 6.67. The van der Waals surface area contributed by atoms with Gasteiger partial charge in [0.05, 0.1) is 6.61 Å². The highest BCUT2D eigenvalue weighted by Crippen LogP contribution is 2.06. The van der Waals surface area contributed by atoms with Crippen LogP contribution in [0.5, 0.6) is 0 Å². The molecular weight excluding hydrogens is 180 g/mol. The first-order valence-corrected chi connectivity index (χ1v) is 4.88. The normalized spacial score (nSPS) is 12.2. The van der Waals surface area contributed by atoms with Gasteiger partial charge in [-0.1, -0.05) is 13.0 Å². The highest BCUT2D eigenvalue weighted by molar-refractivity contribution is 5.78. The predicted octanol–water partition coefficient (Wildman–Crippen LogP) is -0.0218. The molecule has 0 rings (SSSR count). The van der Waals surface area contributed by atoms with Gasteiger partial charge in [-0.25, -0.2) is 0 Å². The van der Waals surface area contributed by atoms with E-state index in [2.05, 4.69) is 6.58 Å². The summed E-state index contributed by atoms with van der Waals surface area (Å²) < 4.78 is 0. The molecule has 0 fully saturated rings. The molecule has 0 spiro atoms. The molecule has 0 aliphatic carbocycles. The van der Waals surface area contributed by atoms with E-state index in [4.69, 9.17) is 10.8 Å². The van der Waals surface area contributed by atoms with Crippen molar-refractivity contribution in [2.75, 3.05) is 26.2 Å². The van der Waals surface area contributed by atoms with Crippen molar-refractivity contribution in [1.82, 2.24) is 4.90 Å². The molecule has 0 saturated heterocycles. The highest BCUT2D eigenvalue weighted by atomic mass is 16.3. The van der Waals surface area contributed by atoms with E-state index in [-0.39, 0.29) is 18.4 Å². The Hall–Kier alpha value is -0.870. The van der Waals surface area contributed by atoms with Crippen LogP contribution in [-0.4, -0.2) is 42.2 Å². The van der Waals surface area contributed by atoms with Gasteiger partial charge in [0, 0.05) is 19.0 Å². The van der Waals surface area contributed by atoms with E-state index in [0.29, 0.717) is 26.1 Å². The van der Waals surface area contributed by atoms with Crippen molar-refractivity contribution in [3.05, 3.63) is 12.7 Å². The molecule has 1 atom stereocenters. The molecule has 1 unspecified atom stereocenters. The average Bonchev–Trinajstić information content (AvgIpc) is 2.17. The van der Waals surface area contributed by atoms with Crippen LogP contribution in [0.15, 0.2) is 12.7 Å². The van der Waals surface area contributed by atoms with Crippen molar-refractivity contribution >= 4 is 5.91 Å². The zero-order valence-electron chi connectivity index (χ0n) is 8.78. The Morgan fingerprint density at radius 1 is 1.71 bits per heavy atom. The third kappa shape index (κ3) is 4.39. The number of aliphatic hydroxyl groups is 1. The summed E-state index contributed by atoms with van der Waals surface area (Å²) >= 11 is 0. The second-order valence-corrected chi connectivity index (χ2v) is 3.27. The number of rotatable bonds is 7. The van der Waals surface area contributed by atoms with Crippen LogP contribution in [0.3, 0.4) is 0 Å². The molecule has 4 nitrogen and oxygen atoms in total. The summed E-state index contributed by atoms with van der Waals surface area (Å²) in [6, 6.07) is 0. The Morgan fingerprint density at radius 2 is 2.36 bits per heavy atom. The Balaban J connectivity index is 4.18. The van der Waals surface area contributed by atoms with Gasteiger partial charge in [0.2, 0.25) is 5.91 Å². The minimum Gasteiger partial charge on any atom is -0.395 e. The standard InChI is InChI=1S/C10H20N2O2/c1-3-6-12(7-8-13)10(14)9(2)4-5-11/h3,9,13H,1,4-8,11H2,2H3. The number of carbonyl (C=O) groups excluding carboxylic acids is 1. The molecule has 0 saturated carbocycles. The molecule has 4 heteroatoms. The molecule has 14 heavy (non-hydrogen) atoms. The third-order valence-electron chi connectivity index (χ3n) is 2.05. The van der Waals surface area contributed by atoms with E-state index in [1.165, 1.54) is 0 Å². The largest absolute Gasteiger partial charge is 0.395 e. The number of hydrogen-bond donors (Lipinski definition) is 2. The van der Waals surface area contributed by atoms with Gasteiger partial charge >= 0.3 is 0 Å². The van der Waals surface area contributed by atoms with E-state index >= 15 is 0 Å². The van der Waals surface area contributed by atoms with E-state index in [9.17, 15) is 4.79 Å². The Labute approximate surface area is 85.4 Å². The van der Waals surface area contributed by atoms with Gasteiger partial charge in [-0.05, 0) is 13.0 Å². The number of nitrogens with two attached hydrogens (primary N) is 1. The Kier molecular flexibility index (Phi) is 7.06. The fraction of sp³-hybridized carbons (Fsp3) is 0.700. The van der Waals surface area contributed by atoms with E-state index in [0.717, 1.165) is 0 Å². The second kappa shape index (κ2) is 7.53. The van der Waals surface area contributed by atoms with Crippen molar-refractivity contribution in [2.45, 2.75) is 13.3 Å². The maximum Gasteiger partial charge on any atom is 0.225 e. The summed E-state index contributed by atoms with van der Waals surface area (Å²) in [6.45, 7) is 6.75. The van der Waals surface area contributed by atoms with Gasteiger partial charge in [-0.15, -0.1) is 6.58 Å². The monoisotopic (exact) mass is 200 g/mol. The number of nitrogens with zero attached hydrogens (tertiary/aromatic N) is 1. The minimum absolute atomic E-state index is 0.0189. The zero-order chi connectivity index (χ0) is 11.0. The molecule has 0 aliphatic heterocycles. The first kappa shape index (κ1) is 13.1. The van der Waals surface area contributed by atoms with Crippen LogP contribution in [0.25, 0.3) is 0 Å². The van der Waals surface area contributed by atoms with Gasteiger partial charge in [0.25, 0.3) is 0 Å². The molecule has 0 bridgehead atoms. The number of aliphatic hydroxyl groups excluding tert-OH is 1. The van der Waals surface area contributed by atoms with Crippen molar-refractivity contribution in [1.29, 1.82) is 0 Å². The second-order valence-electron chi connectivity index (χ2n) is 3.27. The lowest BCUT2D eigenvalue weighted by Crippen LogP contribution is -2.37. The first-order valence-electron chi connectivity index (χ1n) is 4.88. The fourth-order valence-electron chi connectivity index (χ4n) is 1.25. The van der Waals surface area contributed by atoms with Crippen LogP contribution in [-0.2, 0) is 4.79 Å². The van der Waals surface area contributed by atoms with E-state index < -0.39 is 0 Å². The van der Waals surface area contributed by atoms with Crippen LogP contribution < -0.4 is 5.73 Å². The number of carbonyl (C=O) groups is 1. The molecule has 0 radical (unpaired) electrons. The molecule has 0 heterocycles. The summed E-state index contributed by atoms with van der Waals surface area (Å²) in [5, 5.41) is 8.77. The Morgan fingerprint density at radius 3 is 2.79 bits per heavy atom. The van der Waals surface area contributed by atoms with Crippen LogP contribution in [0.4, 0.5) is 0 Å². The molecule has 1 amide bonds. The maximum absolute atomic E-state index is 11.7. The molecular formula is C10H20N2O2. The average molecular weight is 200 g/mol. The Bertz CT molecular complexity index is 183. The SMILES string of the molecule is C=CCN(CCO)C(=O)C(C)CCN. The van der Waals surface area contributed by atoms with Crippen molar-refractivity contribution in [2.24, 2.45) is 11.7 Å². The van der Waals surface area contributed by atoms with E-state index in [1.807, 2.05) is 6.92 Å².